The third-order valence-electron chi connectivity index (χ3n) is 4.65. The van der Waals surface area contributed by atoms with Crippen molar-refractivity contribution < 1.29 is 9.59 Å². The topological polar surface area (TPSA) is 80.1 Å². The SMILES string of the molecule is Cc1nccn1-c1ccc(CNC(=O)C2CC(=O)N(c3nccs3)C2)cc1. The summed E-state index contributed by atoms with van der Waals surface area (Å²) in [6.45, 7) is 2.77. The number of hydrogen-bond donors (Lipinski definition) is 1. The van der Waals surface area contributed by atoms with Gasteiger partial charge < -0.3 is 9.88 Å². The molecule has 27 heavy (non-hydrogen) atoms. The molecule has 1 unspecified atom stereocenters. The number of nitrogens with one attached hydrogen (secondary N) is 1. The summed E-state index contributed by atoms with van der Waals surface area (Å²) in [7, 11) is 0. The zero-order chi connectivity index (χ0) is 18.8. The molecule has 8 heteroatoms. The first kappa shape index (κ1) is 17.4. The Morgan fingerprint density at radius 1 is 1.26 bits per heavy atom. The van der Waals surface area contributed by atoms with E-state index in [-0.39, 0.29) is 24.2 Å². The molecule has 2 aromatic heterocycles. The van der Waals surface area contributed by atoms with Crippen LogP contribution in [0.3, 0.4) is 0 Å². The van der Waals surface area contributed by atoms with Gasteiger partial charge in [-0.3, -0.25) is 14.5 Å². The molecular weight excluding hydrogens is 362 g/mol. The molecule has 0 bridgehead atoms. The van der Waals surface area contributed by atoms with E-state index in [9.17, 15) is 9.59 Å². The summed E-state index contributed by atoms with van der Waals surface area (Å²) < 4.78 is 2.00. The molecule has 0 saturated carbocycles. The number of thiazole rings is 1. The van der Waals surface area contributed by atoms with Gasteiger partial charge in [-0.2, -0.15) is 0 Å². The third-order valence-corrected chi connectivity index (χ3v) is 5.45. The first-order valence-electron chi connectivity index (χ1n) is 8.68. The van der Waals surface area contributed by atoms with E-state index in [0.717, 1.165) is 17.1 Å². The highest BCUT2D eigenvalue weighted by molar-refractivity contribution is 7.13. The highest BCUT2D eigenvalue weighted by atomic mass is 32.1. The van der Waals surface area contributed by atoms with Crippen molar-refractivity contribution in [2.24, 2.45) is 5.92 Å². The Kier molecular flexibility index (Phi) is 4.72. The number of benzene rings is 1. The van der Waals surface area contributed by atoms with E-state index in [1.807, 2.05) is 47.3 Å². The van der Waals surface area contributed by atoms with Crippen molar-refractivity contribution in [2.45, 2.75) is 19.9 Å². The Morgan fingerprint density at radius 2 is 2.07 bits per heavy atom. The van der Waals surface area contributed by atoms with Gasteiger partial charge in [0.25, 0.3) is 0 Å². The standard InChI is InChI=1S/C19H19N5O2S/c1-13-20-6-8-23(13)16-4-2-14(3-5-16)11-22-18(26)15-10-17(25)24(12-15)19-21-7-9-27-19/h2-9,15H,10-12H2,1H3,(H,22,26). The van der Waals surface area contributed by atoms with Crippen LogP contribution in [0.5, 0.6) is 0 Å². The molecule has 1 fully saturated rings. The maximum absolute atomic E-state index is 12.5. The van der Waals surface area contributed by atoms with Crippen LogP contribution in [0.1, 0.15) is 17.8 Å². The number of imidazole rings is 1. The fraction of sp³-hybridized carbons (Fsp3) is 0.263. The van der Waals surface area contributed by atoms with Gasteiger partial charge in [0.15, 0.2) is 5.13 Å². The molecule has 3 aromatic rings. The van der Waals surface area contributed by atoms with Crippen molar-refractivity contribution >= 4 is 28.3 Å². The maximum atomic E-state index is 12.5. The Labute approximate surface area is 160 Å². The zero-order valence-electron chi connectivity index (χ0n) is 14.8. The molecule has 138 valence electrons. The Morgan fingerprint density at radius 3 is 2.74 bits per heavy atom. The van der Waals surface area contributed by atoms with Gasteiger partial charge in [-0.25, -0.2) is 9.97 Å². The molecule has 1 aliphatic heterocycles. The minimum Gasteiger partial charge on any atom is -0.352 e. The molecule has 1 aromatic carbocycles. The van der Waals surface area contributed by atoms with Crippen LogP contribution in [0.15, 0.2) is 48.2 Å². The molecule has 1 aliphatic rings. The second-order valence-corrected chi connectivity index (χ2v) is 7.32. The number of aryl methyl sites for hydroxylation is 1. The van der Waals surface area contributed by atoms with Gasteiger partial charge in [0.1, 0.15) is 5.82 Å². The summed E-state index contributed by atoms with van der Waals surface area (Å²) in [5.74, 6) is 0.433. The van der Waals surface area contributed by atoms with Gasteiger partial charge in [-0.05, 0) is 24.6 Å². The largest absolute Gasteiger partial charge is 0.352 e. The first-order chi connectivity index (χ1) is 13.1. The van der Waals surface area contributed by atoms with E-state index < -0.39 is 0 Å². The van der Waals surface area contributed by atoms with Crippen molar-refractivity contribution in [3.63, 3.8) is 0 Å². The van der Waals surface area contributed by atoms with Crippen LogP contribution in [0.25, 0.3) is 5.69 Å². The summed E-state index contributed by atoms with van der Waals surface area (Å²) in [5, 5.41) is 5.42. The summed E-state index contributed by atoms with van der Waals surface area (Å²) in [6.07, 6.45) is 5.57. The average molecular weight is 381 g/mol. The number of anilines is 1. The van der Waals surface area contributed by atoms with Gasteiger partial charge in [0.2, 0.25) is 11.8 Å². The second kappa shape index (κ2) is 7.32. The molecular formula is C19H19N5O2S. The van der Waals surface area contributed by atoms with Crippen LogP contribution in [-0.4, -0.2) is 32.9 Å². The van der Waals surface area contributed by atoms with Crippen LogP contribution in [0.2, 0.25) is 0 Å². The zero-order valence-corrected chi connectivity index (χ0v) is 15.6. The highest BCUT2D eigenvalue weighted by Crippen LogP contribution is 2.26. The lowest BCUT2D eigenvalue weighted by atomic mass is 10.1. The maximum Gasteiger partial charge on any atom is 0.229 e. The van der Waals surface area contributed by atoms with Crippen LogP contribution >= 0.6 is 11.3 Å². The van der Waals surface area contributed by atoms with E-state index in [4.69, 9.17) is 0 Å². The lowest BCUT2D eigenvalue weighted by Crippen LogP contribution is -2.32. The Hall–Kier alpha value is -3.00. The lowest BCUT2D eigenvalue weighted by Gasteiger charge is -2.13. The van der Waals surface area contributed by atoms with Crippen molar-refractivity contribution in [3.05, 3.63) is 59.6 Å². The van der Waals surface area contributed by atoms with Gasteiger partial charge >= 0.3 is 0 Å². The fourth-order valence-electron chi connectivity index (χ4n) is 3.18. The summed E-state index contributed by atoms with van der Waals surface area (Å²) >= 11 is 1.40. The van der Waals surface area contributed by atoms with E-state index in [1.165, 1.54) is 11.3 Å². The van der Waals surface area contributed by atoms with Gasteiger partial charge in [-0.1, -0.05) is 12.1 Å². The van der Waals surface area contributed by atoms with Crippen LogP contribution in [0, 0.1) is 12.8 Å². The van der Waals surface area contributed by atoms with E-state index in [0.29, 0.717) is 18.2 Å². The number of rotatable bonds is 5. The van der Waals surface area contributed by atoms with Crippen molar-refractivity contribution in [3.8, 4) is 5.69 Å². The quantitative estimate of drug-likeness (QED) is 0.735. The van der Waals surface area contributed by atoms with Crippen molar-refractivity contribution in [1.29, 1.82) is 0 Å². The Bertz CT molecular complexity index is 949. The molecule has 7 nitrogen and oxygen atoms in total. The lowest BCUT2D eigenvalue weighted by molar-refractivity contribution is -0.126. The predicted molar refractivity (Wildman–Crippen MR) is 103 cm³/mol. The predicted octanol–water partition coefficient (Wildman–Crippen LogP) is 2.31. The molecule has 3 heterocycles. The molecule has 1 N–H and O–H groups in total. The minimum absolute atomic E-state index is 0.0508. The molecule has 2 amide bonds. The third kappa shape index (κ3) is 3.61. The van der Waals surface area contributed by atoms with E-state index in [1.54, 1.807) is 17.3 Å². The number of amides is 2. The van der Waals surface area contributed by atoms with Crippen molar-refractivity contribution in [2.75, 3.05) is 11.4 Å². The fourth-order valence-corrected chi connectivity index (χ4v) is 3.84. The molecule has 1 atom stereocenters. The first-order valence-corrected chi connectivity index (χ1v) is 9.56. The minimum atomic E-state index is -0.339. The molecule has 0 aliphatic carbocycles. The van der Waals surface area contributed by atoms with E-state index >= 15 is 0 Å². The Balaban J connectivity index is 1.34. The monoisotopic (exact) mass is 381 g/mol. The normalized spacial score (nSPS) is 16.7. The smallest absolute Gasteiger partial charge is 0.229 e. The van der Waals surface area contributed by atoms with Crippen LogP contribution in [0.4, 0.5) is 5.13 Å². The molecule has 1 saturated heterocycles. The average Bonchev–Trinajstić information content (AvgIpc) is 3.41. The van der Waals surface area contributed by atoms with Gasteiger partial charge in [-0.15, -0.1) is 11.3 Å². The van der Waals surface area contributed by atoms with Gasteiger partial charge in [0.05, 0.1) is 5.92 Å². The number of aromatic nitrogens is 3. The molecule has 4 rings (SSSR count). The second-order valence-electron chi connectivity index (χ2n) is 6.45. The number of hydrogen-bond acceptors (Lipinski definition) is 5. The van der Waals surface area contributed by atoms with Crippen molar-refractivity contribution in [1.82, 2.24) is 19.9 Å². The molecule has 0 spiro atoms. The number of carbonyl (C=O) groups is 2. The van der Waals surface area contributed by atoms with Crippen LogP contribution < -0.4 is 10.2 Å². The van der Waals surface area contributed by atoms with Crippen LogP contribution in [-0.2, 0) is 16.1 Å². The highest BCUT2D eigenvalue weighted by Gasteiger charge is 2.36. The summed E-state index contributed by atoms with van der Waals surface area (Å²) in [4.78, 5) is 34.6. The summed E-state index contributed by atoms with van der Waals surface area (Å²) in [6, 6.07) is 7.96. The van der Waals surface area contributed by atoms with Gasteiger partial charge in [0, 0.05) is 49.2 Å². The summed E-state index contributed by atoms with van der Waals surface area (Å²) in [5.41, 5.74) is 2.03. The number of nitrogens with zero attached hydrogens (tertiary/aromatic N) is 4. The number of carbonyl (C=O) groups excluding carboxylic acids is 2. The van der Waals surface area contributed by atoms with E-state index in [2.05, 4.69) is 15.3 Å². The molecule has 0 radical (unpaired) electrons.